The van der Waals surface area contributed by atoms with Crippen LogP contribution in [0.5, 0.6) is 0 Å². The number of hydrogen-bond acceptors (Lipinski definition) is 8. The van der Waals surface area contributed by atoms with Crippen LogP contribution in [0.2, 0.25) is 0 Å². The van der Waals surface area contributed by atoms with E-state index in [1.807, 2.05) is 0 Å². The molecule has 0 spiro atoms. The number of ether oxygens (including phenoxy) is 1. The molecule has 0 atom stereocenters. The van der Waals surface area contributed by atoms with Crippen molar-refractivity contribution in [1.29, 1.82) is 0 Å². The summed E-state index contributed by atoms with van der Waals surface area (Å²) in [5.41, 5.74) is 1.34. The molecule has 3 rings (SSSR count). The Bertz CT molecular complexity index is 1020. The number of benzene rings is 2. The minimum atomic E-state index is -0.843. The van der Waals surface area contributed by atoms with Crippen molar-refractivity contribution < 1.29 is 19.2 Å². The number of anilines is 1. The molecule has 132 valence electrons. The van der Waals surface area contributed by atoms with Crippen LogP contribution in [0.1, 0.15) is 10.4 Å². The maximum Gasteiger partial charge on any atom is 0.338 e. The monoisotopic (exact) mass is 436 g/mol. The number of rotatable bonds is 5. The SMILES string of the molecule is O=C(COC(=O)c1ccc(Br)c([N+](=O)[O-])c1)Nc1cccc2nsnc12. The molecule has 2 aromatic carbocycles. The Morgan fingerprint density at radius 3 is 2.85 bits per heavy atom. The van der Waals surface area contributed by atoms with Crippen molar-refractivity contribution in [2.75, 3.05) is 11.9 Å². The lowest BCUT2D eigenvalue weighted by Gasteiger charge is -2.07. The largest absolute Gasteiger partial charge is 0.452 e. The number of fused-ring (bicyclic) bond motifs is 1. The van der Waals surface area contributed by atoms with Crippen molar-refractivity contribution in [3.63, 3.8) is 0 Å². The third kappa shape index (κ3) is 3.83. The molecule has 3 aromatic rings. The number of nitrogens with zero attached hydrogens (tertiary/aromatic N) is 3. The first-order valence-electron chi connectivity index (χ1n) is 7.08. The number of amides is 1. The van der Waals surface area contributed by atoms with Crippen LogP contribution in [0.25, 0.3) is 11.0 Å². The summed E-state index contributed by atoms with van der Waals surface area (Å²) in [4.78, 5) is 34.3. The summed E-state index contributed by atoms with van der Waals surface area (Å²) in [5, 5.41) is 13.5. The van der Waals surface area contributed by atoms with Gasteiger partial charge in [-0.3, -0.25) is 14.9 Å². The molecule has 0 saturated carbocycles. The molecule has 0 aliphatic heterocycles. The summed E-state index contributed by atoms with van der Waals surface area (Å²) in [6, 6.07) is 8.93. The molecule has 0 unspecified atom stereocenters. The number of carbonyl (C=O) groups is 2. The molecule has 9 nitrogen and oxygen atoms in total. The van der Waals surface area contributed by atoms with Crippen molar-refractivity contribution >= 4 is 61.9 Å². The molecule has 26 heavy (non-hydrogen) atoms. The molecule has 1 aromatic heterocycles. The van der Waals surface area contributed by atoms with Crippen molar-refractivity contribution in [2.45, 2.75) is 0 Å². The van der Waals surface area contributed by atoms with Crippen molar-refractivity contribution in [1.82, 2.24) is 8.75 Å². The van der Waals surface area contributed by atoms with Crippen molar-refractivity contribution in [3.8, 4) is 0 Å². The highest BCUT2D eigenvalue weighted by molar-refractivity contribution is 9.10. The molecule has 0 aliphatic rings. The molecule has 0 saturated heterocycles. The van der Waals surface area contributed by atoms with Gasteiger partial charge in [-0.15, -0.1) is 0 Å². The fourth-order valence-electron chi connectivity index (χ4n) is 2.09. The highest BCUT2D eigenvalue weighted by Gasteiger charge is 2.18. The number of nitro benzene ring substituents is 1. The maximum absolute atomic E-state index is 12.0. The average molecular weight is 437 g/mol. The van der Waals surface area contributed by atoms with E-state index in [0.717, 1.165) is 17.8 Å². The number of aromatic nitrogens is 2. The van der Waals surface area contributed by atoms with E-state index >= 15 is 0 Å². The van der Waals surface area contributed by atoms with Gasteiger partial charge < -0.3 is 10.1 Å². The average Bonchev–Trinajstić information content (AvgIpc) is 3.09. The zero-order valence-electron chi connectivity index (χ0n) is 12.8. The second kappa shape index (κ2) is 7.54. The van der Waals surface area contributed by atoms with E-state index in [4.69, 9.17) is 4.74 Å². The van der Waals surface area contributed by atoms with Crippen LogP contribution in [0.15, 0.2) is 40.9 Å². The molecule has 0 bridgehead atoms. The summed E-state index contributed by atoms with van der Waals surface area (Å²) in [7, 11) is 0. The standard InChI is InChI=1S/C15H9BrN4O5S/c16-9-5-4-8(6-12(9)20(23)24)15(22)25-7-13(21)17-10-2-1-3-11-14(10)19-26-18-11/h1-6H,7H2,(H,17,21). The number of carbonyl (C=O) groups excluding carboxylic acids is 2. The van der Waals surface area contributed by atoms with E-state index in [1.165, 1.54) is 12.1 Å². The fraction of sp³-hybridized carbons (Fsp3) is 0.0667. The summed E-state index contributed by atoms with van der Waals surface area (Å²) < 4.78 is 13.3. The minimum absolute atomic E-state index is 0.0292. The highest BCUT2D eigenvalue weighted by atomic mass is 79.9. The lowest BCUT2D eigenvalue weighted by Crippen LogP contribution is -2.21. The van der Waals surface area contributed by atoms with Gasteiger partial charge in [0.1, 0.15) is 11.0 Å². The van der Waals surface area contributed by atoms with Gasteiger partial charge in [-0.1, -0.05) is 6.07 Å². The quantitative estimate of drug-likeness (QED) is 0.369. The molecule has 0 aliphatic carbocycles. The van der Waals surface area contributed by atoms with Gasteiger partial charge >= 0.3 is 5.97 Å². The van der Waals surface area contributed by atoms with Crippen LogP contribution in [-0.2, 0) is 9.53 Å². The third-order valence-corrected chi connectivity index (χ3v) is 4.49. The number of esters is 1. The maximum atomic E-state index is 12.0. The molecule has 0 radical (unpaired) electrons. The summed E-state index contributed by atoms with van der Waals surface area (Å²) >= 11 is 4.05. The third-order valence-electron chi connectivity index (χ3n) is 3.27. The number of nitrogens with one attached hydrogen (secondary N) is 1. The van der Waals surface area contributed by atoms with E-state index in [0.29, 0.717) is 16.7 Å². The van der Waals surface area contributed by atoms with Gasteiger partial charge in [-0.2, -0.15) is 8.75 Å². The van der Waals surface area contributed by atoms with Gasteiger partial charge in [0.25, 0.3) is 11.6 Å². The molecule has 11 heteroatoms. The van der Waals surface area contributed by atoms with Crippen molar-refractivity contribution in [2.24, 2.45) is 0 Å². The first-order valence-corrected chi connectivity index (χ1v) is 8.60. The van der Waals surface area contributed by atoms with Crippen LogP contribution in [0, 0.1) is 10.1 Å². The summed E-state index contributed by atoms with van der Waals surface area (Å²) in [6.45, 7) is -0.545. The summed E-state index contributed by atoms with van der Waals surface area (Å²) in [6.07, 6.45) is 0. The van der Waals surface area contributed by atoms with E-state index in [9.17, 15) is 19.7 Å². The van der Waals surface area contributed by atoms with E-state index in [1.54, 1.807) is 18.2 Å². The second-order valence-electron chi connectivity index (χ2n) is 4.99. The Morgan fingerprint density at radius 1 is 1.27 bits per heavy atom. The van der Waals surface area contributed by atoms with Crippen LogP contribution in [0.3, 0.4) is 0 Å². The normalized spacial score (nSPS) is 10.5. The second-order valence-corrected chi connectivity index (χ2v) is 6.37. The number of nitro groups is 1. The lowest BCUT2D eigenvalue weighted by atomic mass is 10.2. The van der Waals surface area contributed by atoms with Gasteiger partial charge in [0.2, 0.25) is 0 Å². The van der Waals surface area contributed by atoms with Crippen molar-refractivity contribution in [3.05, 3.63) is 56.5 Å². The highest BCUT2D eigenvalue weighted by Crippen LogP contribution is 2.26. The van der Waals surface area contributed by atoms with Crippen LogP contribution < -0.4 is 5.32 Å². The predicted octanol–water partition coefficient (Wildman–Crippen LogP) is 3.16. The van der Waals surface area contributed by atoms with Gasteiger partial charge in [0, 0.05) is 6.07 Å². The fourth-order valence-corrected chi connectivity index (χ4v) is 3.03. The zero-order valence-corrected chi connectivity index (χ0v) is 15.2. The molecule has 1 N–H and O–H groups in total. The first kappa shape index (κ1) is 17.9. The Balaban J connectivity index is 1.64. The van der Waals surface area contributed by atoms with Crippen LogP contribution >= 0.6 is 27.7 Å². The van der Waals surface area contributed by atoms with E-state index in [2.05, 4.69) is 30.0 Å². The van der Waals surface area contributed by atoms with E-state index in [-0.39, 0.29) is 15.7 Å². The Morgan fingerprint density at radius 2 is 2.08 bits per heavy atom. The number of hydrogen-bond donors (Lipinski definition) is 1. The Kier molecular flexibility index (Phi) is 5.19. The molecule has 1 amide bonds. The first-order chi connectivity index (χ1) is 12.5. The Labute approximate surface area is 158 Å². The smallest absolute Gasteiger partial charge is 0.338 e. The predicted molar refractivity (Wildman–Crippen MR) is 97.1 cm³/mol. The lowest BCUT2D eigenvalue weighted by molar-refractivity contribution is -0.385. The van der Waals surface area contributed by atoms with Crippen LogP contribution in [-0.4, -0.2) is 32.2 Å². The molecule has 1 heterocycles. The van der Waals surface area contributed by atoms with Gasteiger partial charge in [0.15, 0.2) is 6.61 Å². The molecular formula is C15H9BrN4O5S. The minimum Gasteiger partial charge on any atom is -0.452 e. The molecule has 0 fully saturated rings. The van der Waals surface area contributed by atoms with Gasteiger partial charge in [-0.05, 0) is 40.2 Å². The molecular weight excluding hydrogens is 428 g/mol. The van der Waals surface area contributed by atoms with E-state index < -0.39 is 23.4 Å². The topological polar surface area (TPSA) is 124 Å². The van der Waals surface area contributed by atoms with Gasteiger partial charge in [-0.25, -0.2) is 4.79 Å². The van der Waals surface area contributed by atoms with Gasteiger partial charge in [0.05, 0.1) is 32.4 Å². The summed E-state index contributed by atoms with van der Waals surface area (Å²) in [5.74, 6) is -1.41. The number of halogens is 1. The van der Waals surface area contributed by atoms with Crippen LogP contribution in [0.4, 0.5) is 11.4 Å². The Hall–Kier alpha value is -2.92. The zero-order chi connectivity index (χ0) is 18.7.